The second-order valence-electron chi connectivity index (χ2n) is 5.46. The molecule has 0 aromatic heterocycles. The van der Waals surface area contributed by atoms with E-state index in [2.05, 4.69) is 5.32 Å². The molecular weight excluding hydrogens is 238 g/mol. The van der Waals surface area contributed by atoms with Crippen LogP contribution in [0.1, 0.15) is 50.5 Å². The third kappa shape index (κ3) is 4.67. The Morgan fingerprint density at radius 1 is 1.11 bits per heavy atom. The minimum Gasteiger partial charge on any atom is -0.392 e. The van der Waals surface area contributed by atoms with Crippen molar-refractivity contribution >= 4 is 11.6 Å². The van der Waals surface area contributed by atoms with Crippen LogP contribution in [0.3, 0.4) is 0 Å². The summed E-state index contributed by atoms with van der Waals surface area (Å²) in [5.41, 5.74) is 1.68. The Labute approximate surface area is 115 Å². The van der Waals surface area contributed by atoms with Crippen LogP contribution in [-0.2, 0) is 11.4 Å². The van der Waals surface area contributed by atoms with Crippen molar-refractivity contribution in [1.82, 2.24) is 0 Å². The quantitative estimate of drug-likeness (QED) is 0.815. The standard InChI is InChI=1S/C16H23NO2/c18-12-14-7-9-15(10-8-14)17-16(19)11-13-5-3-1-2-4-6-13/h7-10,13,18H,1-6,11-12H2,(H,17,19). The number of anilines is 1. The Bertz CT molecular complexity index is 392. The molecule has 0 atom stereocenters. The van der Waals surface area contributed by atoms with Crippen LogP contribution in [0.5, 0.6) is 0 Å². The zero-order valence-corrected chi connectivity index (χ0v) is 11.4. The van der Waals surface area contributed by atoms with Crippen molar-refractivity contribution in [1.29, 1.82) is 0 Å². The van der Waals surface area contributed by atoms with Gasteiger partial charge in [-0.05, 0) is 36.5 Å². The molecule has 0 saturated heterocycles. The fourth-order valence-corrected chi connectivity index (χ4v) is 2.74. The highest BCUT2D eigenvalue weighted by Crippen LogP contribution is 2.25. The van der Waals surface area contributed by atoms with E-state index in [1.165, 1.54) is 38.5 Å². The summed E-state index contributed by atoms with van der Waals surface area (Å²) in [7, 11) is 0. The van der Waals surface area contributed by atoms with Crippen molar-refractivity contribution in [2.24, 2.45) is 5.92 Å². The first kappa shape index (κ1) is 14.1. The van der Waals surface area contributed by atoms with E-state index in [0.717, 1.165) is 11.3 Å². The Kier molecular flexibility index (Phi) is 5.40. The summed E-state index contributed by atoms with van der Waals surface area (Å²) in [6.45, 7) is 0.0380. The second-order valence-corrected chi connectivity index (χ2v) is 5.46. The normalized spacial score (nSPS) is 16.9. The van der Waals surface area contributed by atoms with E-state index < -0.39 is 0 Å². The largest absolute Gasteiger partial charge is 0.392 e. The highest BCUT2D eigenvalue weighted by molar-refractivity contribution is 5.90. The molecule has 0 spiro atoms. The van der Waals surface area contributed by atoms with Crippen LogP contribution < -0.4 is 5.32 Å². The van der Waals surface area contributed by atoms with E-state index in [9.17, 15) is 4.79 Å². The first-order chi connectivity index (χ1) is 9.28. The van der Waals surface area contributed by atoms with E-state index in [-0.39, 0.29) is 12.5 Å². The molecule has 3 heteroatoms. The fraction of sp³-hybridized carbons (Fsp3) is 0.562. The van der Waals surface area contributed by atoms with E-state index in [1.54, 1.807) is 0 Å². The molecule has 1 saturated carbocycles. The number of rotatable bonds is 4. The van der Waals surface area contributed by atoms with Crippen molar-refractivity contribution in [3.63, 3.8) is 0 Å². The number of carbonyl (C=O) groups excluding carboxylic acids is 1. The number of amides is 1. The van der Waals surface area contributed by atoms with Gasteiger partial charge in [-0.2, -0.15) is 0 Å². The van der Waals surface area contributed by atoms with Gasteiger partial charge in [0, 0.05) is 12.1 Å². The summed E-state index contributed by atoms with van der Waals surface area (Å²) in [5, 5.41) is 11.9. The lowest BCUT2D eigenvalue weighted by atomic mass is 9.96. The van der Waals surface area contributed by atoms with Crippen LogP contribution in [0.2, 0.25) is 0 Å². The summed E-state index contributed by atoms with van der Waals surface area (Å²) in [5.74, 6) is 0.669. The SMILES string of the molecule is O=C(CC1CCCCCC1)Nc1ccc(CO)cc1. The van der Waals surface area contributed by atoms with Gasteiger partial charge in [-0.25, -0.2) is 0 Å². The molecule has 104 valence electrons. The van der Waals surface area contributed by atoms with E-state index in [1.807, 2.05) is 24.3 Å². The van der Waals surface area contributed by atoms with Gasteiger partial charge in [0.15, 0.2) is 0 Å². The highest BCUT2D eigenvalue weighted by atomic mass is 16.3. The number of benzene rings is 1. The summed E-state index contributed by atoms with van der Waals surface area (Å²) < 4.78 is 0. The zero-order chi connectivity index (χ0) is 13.5. The highest BCUT2D eigenvalue weighted by Gasteiger charge is 2.16. The van der Waals surface area contributed by atoms with Gasteiger partial charge in [-0.15, -0.1) is 0 Å². The minimum absolute atomic E-state index is 0.0380. The summed E-state index contributed by atoms with van der Waals surface area (Å²) >= 11 is 0. The second kappa shape index (κ2) is 7.29. The maximum absolute atomic E-state index is 12.0. The molecule has 2 N–H and O–H groups in total. The fourth-order valence-electron chi connectivity index (χ4n) is 2.74. The maximum Gasteiger partial charge on any atom is 0.224 e. The molecular formula is C16H23NO2. The van der Waals surface area contributed by atoms with Gasteiger partial charge in [0.25, 0.3) is 0 Å². The molecule has 0 aliphatic heterocycles. The first-order valence-electron chi connectivity index (χ1n) is 7.27. The van der Waals surface area contributed by atoms with Gasteiger partial charge in [-0.3, -0.25) is 4.79 Å². The lowest BCUT2D eigenvalue weighted by Gasteiger charge is -2.13. The number of hydrogen-bond acceptors (Lipinski definition) is 2. The molecule has 0 radical (unpaired) electrons. The molecule has 19 heavy (non-hydrogen) atoms. The number of nitrogens with one attached hydrogen (secondary N) is 1. The van der Waals surface area contributed by atoms with Crippen LogP contribution in [-0.4, -0.2) is 11.0 Å². The Hall–Kier alpha value is -1.35. The van der Waals surface area contributed by atoms with Crippen molar-refractivity contribution < 1.29 is 9.90 Å². The summed E-state index contributed by atoms with van der Waals surface area (Å²) in [6, 6.07) is 7.36. The lowest BCUT2D eigenvalue weighted by molar-refractivity contribution is -0.117. The van der Waals surface area contributed by atoms with Crippen molar-refractivity contribution in [2.75, 3.05) is 5.32 Å². The van der Waals surface area contributed by atoms with Gasteiger partial charge in [0.2, 0.25) is 5.91 Å². The molecule has 2 rings (SSSR count). The number of hydrogen-bond donors (Lipinski definition) is 2. The maximum atomic E-state index is 12.0. The third-order valence-corrected chi connectivity index (χ3v) is 3.87. The molecule has 0 heterocycles. The zero-order valence-electron chi connectivity index (χ0n) is 11.4. The average Bonchev–Trinajstić information content (AvgIpc) is 2.68. The van der Waals surface area contributed by atoms with Crippen molar-refractivity contribution in [3.8, 4) is 0 Å². The van der Waals surface area contributed by atoms with Crippen LogP contribution in [0, 0.1) is 5.92 Å². The number of carbonyl (C=O) groups is 1. The number of aliphatic hydroxyl groups excluding tert-OH is 1. The van der Waals surface area contributed by atoms with E-state index >= 15 is 0 Å². The predicted octanol–water partition coefficient (Wildman–Crippen LogP) is 3.48. The van der Waals surface area contributed by atoms with Crippen LogP contribution in [0.25, 0.3) is 0 Å². The average molecular weight is 261 g/mol. The Morgan fingerprint density at radius 3 is 2.32 bits per heavy atom. The van der Waals surface area contributed by atoms with Crippen LogP contribution in [0.4, 0.5) is 5.69 Å². The lowest BCUT2D eigenvalue weighted by Crippen LogP contribution is -2.16. The Morgan fingerprint density at radius 2 is 1.74 bits per heavy atom. The minimum atomic E-state index is 0.0380. The van der Waals surface area contributed by atoms with Crippen molar-refractivity contribution in [2.45, 2.75) is 51.6 Å². The molecule has 1 aliphatic carbocycles. The van der Waals surface area contributed by atoms with Gasteiger partial charge in [0.05, 0.1) is 6.61 Å². The molecule has 1 fully saturated rings. The topological polar surface area (TPSA) is 49.3 Å². The smallest absolute Gasteiger partial charge is 0.224 e. The summed E-state index contributed by atoms with van der Waals surface area (Å²) in [6.07, 6.45) is 8.20. The first-order valence-corrected chi connectivity index (χ1v) is 7.27. The predicted molar refractivity (Wildman–Crippen MR) is 76.8 cm³/mol. The molecule has 1 aromatic carbocycles. The number of aliphatic hydroxyl groups is 1. The van der Waals surface area contributed by atoms with Crippen molar-refractivity contribution in [3.05, 3.63) is 29.8 Å². The van der Waals surface area contributed by atoms with Gasteiger partial charge in [0.1, 0.15) is 0 Å². The van der Waals surface area contributed by atoms with E-state index in [0.29, 0.717) is 12.3 Å². The van der Waals surface area contributed by atoms with Gasteiger partial charge in [-0.1, -0.05) is 37.8 Å². The Balaban J connectivity index is 1.82. The molecule has 1 aromatic rings. The third-order valence-electron chi connectivity index (χ3n) is 3.87. The van der Waals surface area contributed by atoms with Crippen LogP contribution in [0.15, 0.2) is 24.3 Å². The molecule has 0 unspecified atom stereocenters. The molecule has 1 aliphatic rings. The van der Waals surface area contributed by atoms with Gasteiger partial charge >= 0.3 is 0 Å². The van der Waals surface area contributed by atoms with Crippen LogP contribution >= 0.6 is 0 Å². The molecule has 1 amide bonds. The molecule has 3 nitrogen and oxygen atoms in total. The van der Waals surface area contributed by atoms with E-state index in [4.69, 9.17) is 5.11 Å². The van der Waals surface area contributed by atoms with Gasteiger partial charge < -0.3 is 10.4 Å². The molecule has 0 bridgehead atoms. The summed E-state index contributed by atoms with van der Waals surface area (Å²) in [4.78, 5) is 12.0. The monoisotopic (exact) mass is 261 g/mol.